The summed E-state index contributed by atoms with van der Waals surface area (Å²) >= 11 is 0. The number of piperazine rings is 1. The molecule has 0 spiro atoms. The van der Waals surface area contributed by atoms with Gasteiger partial charge < -0.3 is 29.0 Å². The third kappa shape index (κ3) is 6.25. The lowest BCUT2D eigenvalue weighted by atomic mass is 10.0. The van der Waals surface area contributed by atoms with Crippen molar-refractivity contribution in [2.45, 2.75) is 51.3 Å². The second kappa shape index (κ2) is 12.5. The van der Waals surface area contributed by atoms with Gasteiger partial charge in [0.25, 0.3) is 5.91 Å². The molecule has 4 heterocycles. The molecule has 43 heavy (non-hydrogen) atoms. The summed E-state index contributed by atoms with van der Waals surface area (Å²) in [4.78, 5) is 36.1. The first-order valence-corrected chi connectivity index (χ1v) is 14.9. The van der Waals surface area contributed by atoms with Crippen molar-refractivity contribution in [3.63, 3.8) is 0 Å². The van der Waals surface area contributed by atoms with Crippen LogP contribution in [-0.4, -0.2) is 83.8 Å². The first kappa shape index (κ1) is 28.8. The van der Waals surface area contributed by atoms with E-state index in [2.05, 4.69) is 45.3 Å². The van der Waals surface area contributed by atoms with Gasteiger partial charge in [-0.15, -0.1) is 0 Å². The predicted molar refractivity (Wildman–Crippen MR) is 162 cm³/mol. The van der Waals surface area contributed by atoms with Gasteiger partial charge in [0.05, 0.1) is 43.4 Å². The van der Waals surface area contributed by atoms with E-state index in [-0.39, 0.29) is 13.1 Å². The third-order valence-electron chi connectivity index (χ3n) is 8.31. The molecule has 2 aliphatic heterocycles. The monoisotopic (exact) mass is 585 g/mol. The van der Waals surface area contributed by atoms with E-state index in [1.807, 2.05) is 18.5 Å². The van der Waals surface area contributed by atoms with E-state index in [1.54, 1.807) is 0 Å². The van der Waals surface area contributed by atoms with Crippen molar-refractivity contribution < 1.29 is 18.7 Å². The van der Waals surface area contributed by atoms with Gasteiger partial charge in [0.2, 0.25) is 6.54 Å². The molecule has 1 amide bonds. The number of nitrogens with zero attached hydrogens (tertiary/aromatic N) is 7. The lowest BCUT2D eigenvalue weighted by Gasteiger charge is -2.41. The number of anilines is 2. The van der Waals surface area contributed by atoms with E-state index < -0.39 is 17.8 Å². The lowest BCUT2D eigenvalue weighted by Crippen LogP contribution is -2.57. The van der Waals surface area contributed by atoms with Gasteiger partial charge in [0.1, 0.15) is 11.9 Å². The zero-order chi connectivity index (χ0) is 29.9. The number of carbonyl (C=O) groups is 1. The first-order valence-electron chi connectivity index (χ1n) is 14.9. The van der Waals surface area contributed by atoms with Gasteiger partial charge in [-0.2, -0.15) is 9.97 Å². The summed E-state index contributed by atoms with van der Waals surface area (Å²) in [6.45, 7) is 16.2. The molecule has 2 fully saturated rings. The van der Waals surface area contributed by atoms with Crippen LogP contribution in [0.4, 0.5) is 15.9 Å². The third-order valence-corrected chi connectivity index (χ3v) is 8.31. The lowest BCUT2D eigenvalue weighted by molar-refractivity contribution is -0.131. The number of rotatable bonds is 10. The second-order valence-electron chi connectivity index (χ2n) is 11.4. The van der Waals surface area contributed by atoms with E-state index >= 15 is 0 Å². The predicted octanol–water partition coefficient (Wildman–Crippen LogP) is 4.26. The normalized spacial score (nSPS) is 18.3. The van der Waals surface area contributed by atoms with E-state index in [4.69, 9.17) is 26.0 Å². The number of amides is 1. The SMILES string of the molecule is [C-]#[N+]C[C@H]1CN(c2nc(OCCCOC3CC3)nc3c2CCN(c2cncc4cccc(C)c24)C3)CCN1C(=O)C(=C)F. The van der Waals surface area contributed by atoms with Gasteiger partial charge in [-0.05, 0) is 31.7 Å². The van der Waals surface area contributed by atoms with Crippen LogP contribution in [0.2, 0.25) is 0 Å². The highest BCUT2D eigenvalue weighted by Gasteiger charge is 2.36. The molecule has 11 heteroatoms. The summed E-state index contributed by atoms with van der Waals surface area (Å²) in [5, 5.41) is 2.28. The maximum Gasteiger partial charge on any atom is 0.318 e. The number of pyridine rings is 1. The van der Waals surface area contributed by atoms with Crippen molar-refractivity contribution in [1.82, 2.24) is 19.9 Å². The highest BCUT2D eigenvalue weighted by Crippen LogP contribution is 2.35. The molecule has 3 aromatic rings. The summed E-state index contributed by atoms with van der Waals surface area (Å²) in [7, 11) is 0. The number of halogens is 1. The number of carbonyl (C=O) groups excluding carboxylic acids is 1. The van der Waals surface area contributed by atoms with E-state index in [0.717, 1.165) is 54.0 Å². The zero-order valence-corrected chi connectivity index (χ0v) is 24.5. The van der Waals surface area contributed by atoms with Crippen LogP contribution in [0.5, 0.6) is 6.01 Å². The van der Waals surface area contributed by atoms with Crippen LogP contribution in [0.15, 0.2) is 43.0 Å². The molecule has 1 aromatic carbocycles. The number of hydrogen-bond donors (Lipinski definition) is 0. The molecule has 0 bridgehead atoms. The first-order chi connectivity index (χ1) is 20.9. The van der Waals surface area contributed by atoms with Crippen LogP contribution < -0.4 is 14.5 Å². The largest absolute Gasteiger partial charge is 0.463 e. The summed E-state index contributed by atoms with van der Waals surface area (Å²) < 4.78 is 25.6. The Balaban J connectivity index is 1.29. The number of fused-ring (bicyclic) bond motifs is 2. The molecule has 0 radical (unpaired) electrons. The van der Waals surface area contributed by atoms with Crippen molar-refractivity contribution in [2.75, 3.05) is 55.7 Å². The summed E-state index contributed by atoms with van der Waals surface area (Å²) in [6.07, 6.45) is 7.92. The molecule has 6 rings (SSSR count). The molecular formula is C32H36FN7O3. The Kier molecular flexibility index (Phi) is 8.38. The Bertz CT molecular complexity index is 1570. The van der Waals surface area contributed by atoms with Gasteiger partial charge in [-0.3, -0.25) is 9.78 Å². The van der Waals surface area contributed by atoms with Crippen LogP contribution in [0.25, 0.3) is 15.6 Å². The molecule has 1 saturated heterocycles. The quantitative estimate of drug-likeness (QED) is 0.198. The molecule has 10 nitrogen and oxygen atoms in total. The molecule has 0 unspecified atom stereocenters. The molecular weight excluding hydrogens is 549 g/mol. The molecule has 2 aromatic heterocycles. The maximum atomic E-state index is 13.8. The van der Waals surface area contributed by atoms with Crippen LogP contribution in [-0.2, 0) is 22.5 Å². The van der Waals surface area contributed by atoms with Crippen molar-refractivity contribution in [3.8, 4) is 6.01 Å². The number of hydrogen-bond acceptors (Lipinski definition) is 8. The van der Waals surface area contributed by atoms with E-state index in [0.29, 0.717) is 51.4 Å². The number of benzene rings is 1. The molecule has 1 atom stereocenters. The van der Waals surface area contributed by atoms with Crippen LogP contribution in [0.3, 0.4) is 0 Å². The van der Waals surface area contributed by atoms with Crippen molar-refractivity contribution >= 4 is 28.2 Å². The molecule has 3 aliphatic rings. The minimum atomic E-state index is -1.01. The van der Waals surface area contributed by atoms with Gasteiger partial charge in [-0.1, -0.05) is 24.8 Å². The maximum absolute atomic E-state index is 13.8. The Morgan fingerprint density at radius 1 is 1.16 bits per heavy atom. The number of aromatic nitrogens is 3. The number of ether oxygens (including phenoxy) is 2. The van der Waals surface area contributed by atoms with Gasteiger partial charge in [0.15, 0.2) is 5.83 Å². The fourth-order valence-electron chi connectivity index (χ4n) is 6.00. The Hall–Kier alpha value is -4.30. The highest BCUT2D eigenvalue weighted by atomic mass is 19.1. The Morgan fingerprint density at radius 3 is 2.81 bits per heavy atom. The van der Waals surface area contributed by atoms with Crippen LogP contribution in [0.1, 0.15) is 36.1 Å². The fourth-order valence-corrected chi connectivity index (χ4v) is 6.00. The van der Waals surface area contributed by atoms with E-state index in [9.17, 15) is 9.18 Å². The molecule has 1 aliphatic carbocycles. The Labute approximate surface area is 250 Å². The van der Waals surface area contributed by atoms with Crippen LogP contribution in [0, 0.1) is 13.5 Å². The average molecular weight is 586 g/mol. The highest BCUT2D eigenvalue weighted by molar-refractivity contribution is 5.96. The second-order valence-corrected chi connectivity index (χ2v) is 11.4. The fraction of sp³-hybridized carbons (Fsp3) is 0.469. The summed E-state index contributed by atoms with van der Waals surface area (Å²) in [6, 6.07) is 6.06. The minimum Gasteiger partial charge on any atom is -0.463 e. The number of aryl methyl sites for hydroxylation is 1. The van der Waals surface area contributed by atoms with Gasteiger partial charge in [-0.25, -0.2) is 11.0 Å². The minimum absolute atomic E-state index is 0.0638. The van der Waals surface area contributed by atoms with Crippen molar-refractivity contribution in [1.29, 1.82) is 0 Å². The molecule has 1 saturated carbocycles. The van der Waals surface area contributed by atoms with Gasteiger partial charge in [0, 0.05) is 55.1 Å². The smallest absolute Gasteiger partial charge is 0.318 e. The van der Waals surface area contributed by atoms with Crippen molar-refractivity contribution in [2.24, 2.45) is 0 Å². The standard InChI is InChI=1S/C32H36FN7O3/c1-21-6-4-7-23-16-35-18-28(29(21)23)38-11-10-26-27(20-38)36-32(43-15-5-14-42-25-8-9-25)37-30(26)39-12-13-40(31(41)22(2)33)24(19-39)17-34-3/h4,6-7,16,18,24-25H,2,5,8-15,17,19-20H2,1H3/t24-/m0/s1. The Morgan fingerprint density at radius 2 is 2.02 bits per heavy atom. The molecule has 224 valence electrons. The van der Waals surface area contributed by atoms with E-state index in [1.165, 1.54) is 15.8 Å². The topological polar surface area (TPSA) is 88.3 Å². The van der Waals surface area contributed by atoms with Crippen molar-refractivity contribution in [3.05, 3.63) is 71.2 Å². The summed E-state index contributed by atoms with van der Waals surface area (Å²) in [5.41, 5.74) is 4.16. The summed E-state index contributed by atoms with van der Waals surface area (Å²) in [5.74, 6) is -1.02. The zero-order valence-electron chi connectivity index (χ0n) is 24.5. The molecule has 0 N–H and O–H groups in total. The average Bonchev–Trinajstić information content (AvgIpc) is 3.84. The van der Waals surface area contributed by atoms with Gasteiger partial charge >= 0.3 is 6.01 Å². The van der Waals surface area contributed by atoms with Crippen LogP contribution >= 0.6 is 0 Å².